The van der Waals surface area contributed by atoms with Crippen molar-refractivity contribution >= 4 is 27.7 Å². The molecule has 0 spiro atoms. The third kappa shape index (κ3) is 4.33. The summed E-state index contributed by atoms with van der Waals surface area (Å²) in [4.78, 5) is 26.4. The molecule has 4 rings (SSSR count). The molecule has 1 aromatic heterocycles. The summed E-state index contributed by atoms with van der Waals surface area (Å²) in [6.07, 6.45) is 0. The van der Waals surface area contributed by atoms with Crippen molar-refractivity contribution in [2.45, 2.75) is 6.92 Å². The quantitative estimate of drug-likeness (QED) is 0.416. The summed E-state index contributed by atoms with van der Waals surface area (Å²) < 4.78 is 7.71. The third-order valence-electron chi connectivity index (χ3n) is 4.93. The molecule has 0 aliphatic heterocycles. The van der Waals surface area contributed by atoms with Crippen LogP contribution in [0.4, 0.5) is 5.82 Å². The lowest BCUT2D eigenvalue weighted by Crippen LogP contribution is -2.25. The molecule has 1 amide bonds. The summed E-state index contributed by atoms with van der Waals surface area (Å²) in [5.41, 5.74) is 2.16. The number of aryl methyl sites for hydroxylation is 1. The van der Waals surface area contributed by atoms with Crippen LogP contribution >= 0.6 is 15.9 Å². The van der Waals surface area contributed by atoms with Crippen molar-refractivity contribution in [3.63, 3.8) is 0 Å². The van der Waals surface area contributed by atoms with Gasteiger partial charge in [-0.15, -0.1) is 0 Å². The Morgan fingerprint density at radius 1 is 1.00 bits per heavy atom. The van der Waals surface area contributed by atoms with Gasteiger partial charge in [0, 0.05) is 10.0 Å². The number of benzene rings is 3. The molecule has 0 bridgehead atoms. The van der Waals surface area contributed by atoms with E-state index in [1.54, 1.807) is 55.1 Å². The molecule has 3 aromatic carbocycles. The molecule has 0 aliphatic carbocycles. The lowest BCUT2D eigenvalue weighted by Gasteiger charge is -2.18. The second-order valence-corrected chi connectivity index (χ2v) is 8.00. The maximum absolute atomic E-state index is 13.3. The van der Waals surface area contributed by atoms with Gasteiger partial charge in [-0.1, -0.05) is 52.3 Å². The number of ether oxygens (including phenoxy) is 1. The molecule has 6 nitrogen and oxygen atoms in total. The van der Waals surface area contributed by atoms with Gasteiger partial charge in [0.2, 0.25) is 5.43 Å². The summed E-state index contributed by atoms with van der Waals surface area (Å²) in [6.45, 7) is 1.66. The van der Waals surface area contributed by atoms with Crippen LogP contribution in [0.2, 0.25) is 0 Å². The molecule has 7 heteroatoms. The number of hydrogen-bond acceptors (Lipinski definition) is 4. The van der Waals surface area contributed by atoms with E-state index in [1.807, 2.05) is 42.5 Å². The predicted molar refractivity (Wildman–Crippen MR) is 129 cm³/mol. The van der Waals surface area contributed by atoms with Crippen molar-refractivity contribution in [2.24, 2.45) is 0 Å². The van der Waals surface area contributed by atoms with Gasteiger partial charge in [0.15, 0.2) is 0 Å². The van der Waals surface area contributed by atoms with E-state index in [0.717, 1.165) is 4.47 Å². The Balaban J connectivity index is 1.96. The van der Waals surface area contributed by atoms with Crippen LogP contribution in [0.25, 0.3) is 16.8 Å². The first-order chi connectivity index (χ1) is 15.5. The minimum Gasteiger partial charge on any atom is -0.497 e. The van der Waals surface area contributed by atoms with E-state index < -0.39 is 0 Å². The first-order valence-corrected chi connectivity index (χ1v) is 10.7. The van der Waals surface area contributed by atoms with Gasteiger partial charge in [-0.25, -0.2) is 4.68 Å². The van der Waals surface area contributed by atoms with E-state index in [2.05, 4.69) is 26.3 Å². The van der Waals surface area contributed by atoms with Crippen LogP contribution in [-0.4, -0.2) is 22.8 Å². The van der Waals surface area contributed by atoms with Crippen LogP contribution in [0.1, 0.15) is 16.1 Å². The van der Waals surface area contributed by atoms with E-state index in [4.69, 9.17) is 4.74 Å². The number of aromatic nitrogens is 2. The van der Waals surface area contributed by atoms with Crippen LogP contribution in [0.15, 0.2) is 88.1 Å². The van der Waals surface area contributed by atoms with Crippen LogP contribution in [-0.2, 0) is 0 Å². The standard InChI is InChI=1S/C25H20BrN3O3/c1-16-23(30)22(17-8-7-13-21(15-17)32-2)24(29(28-16)20-11-4-3-5-12-20)27-25(31)18-9-6-10-19(26)14-18/h3-15H,1-2H3,(H,27,31). The maximum Gasteiger partial charge on any atom is 0.256 e. The Hall–Kier alpha value is -3.71. The molecule has 1 N–H and O–H groups in total. The number of nitrogens with one attached hydrogen (secondary N) is 1. The van der Waals surface area contributed by atoms with Gasteiger partial charge in [0.1, 0.15) is 17.3 Å². The van der Waals surface area contributed by atoms with Crippen LogP contribution < -0.4 is 15.5 Å². The van der Waals surface area contributed by atoms with Crippen molar-refractivity contribution < 1.29 is 9.53 Å². The van der Waals surface area contributed by atoms with Crippen LogP contribution in [0.3, 0.4) is 0 Å². The third-order valence-corrected chi connectivity index (χ3v) is 5.43. The SMILES string of the molecule is COc1cccc(-c2c(NC(=O)c3cccc(Br)c3)n(-c3ccccc3)nc(C)c2=O)c1. The molecule has 0 saturated carbocycles. The normalized spacial score (nSPS) is 10.6. The second kappa shape index (κ2) is 9.20. The largest absolute Gasteiger partial charge is 0.497 e. The van der Waals surface area contributed by atoms with E-state index in [1.165, 1.54) is 0 Å². The zero-order chi connectivity index (χ0) is 22.7. The average Bonchev–Trinajstić information content (AvgIpc) is 2.82. The molecular weight excluding hydrogens is 470 g/mol. The number of amides is 1. The molecule has 4 aromatic rings. The van der Waals surface area contributed by atoms with Crippen LogP contribution in [0.5, 0.6) is 5.75 Å². The van der Waals surface area contributed by atoms with Gasteiger partial charge in [0.05, 0.1) is 18.4 Å². The fourth-order valence-corrected chi connectivity index (χ4v) is 3.77. The number of para-hydroxylation sites is 1. The van der Waals surface area contributed by atoms with Crippen molar-refractivity contribution in [2.75, 3.05) is 12.4 Å². The fourth-order valence-electron chi connectivity index (χ4n) is 3.37. The van der Waals surface area contributed by atoms with Gasteiger partial charge >= 0.3 is 0 Å². The Morgan fingerprint density at radius 3 is 2.47 bits per heavy atom. The van der Waals surface area contributed by atoms with E-state index in [0.29, 0.717) is 33.8 Å². The molecule has 1 heterocycles. The lowest BCUT2D eigenvalue weighted by atomic mass is 10.0. The minimum absolute atomic E-state index is 0.269. The molecule has 0 saturated heterocycles. The Bertz CT molecular complexity index is 1350. The predicted octanol–water partition coefficient (Wildman–Crippen LogP) is 5.23. The molecule has 32 heavy (non-hydrogen) atoms. The number of rotatable bonds is 5. The number of halogens is 1. The van der Waals surface area contributed by atoms with E-state index >= 15 is 0 Å². The highest BCUT2D eigenvalue weighted by Gasteiger charge is 2.21. The first-order valence-electron chi connectivity index (χ1n) is 9.88. The monoisotopic (exact) mass is 489 g/mol. The number of methoxy groups -OCH3 is 1. The van der Waals surface area contributed by atoms with Gasteiger partial charge in [0.25, 0.3) is 5.91 Å². The zero-order valence-corrected chi connectivity index (χ0v) is 19.1. The number of carbonyl (C=O) groups is 1. The Kier molecular flexibility index (Phi) is 6.18. The highest BCUT2D eigenvalue weighted by atomic mass is 79.9. The van der Waals surface area contributed by atoms with Crippen LogP contribution in [0, 0.1) is 6.92 Å². The molecule has 0 radical (unpaired) electrons. The average molecular weight is 490 g/mol. The van der Waals surface area contributed by atoms with Gasteiger partial charge in [-0.05, 0) is 55.0 Å². The van der Waals surface area contributed by atoms with Crippen molar-refractivity contribution in [1.29, 1.82) is 0 Å². The molecule has 0 fully saturated rings. The highest BCUT2D eigenvalue weighted by molar-refractivity contribution is 9.10. The summed E-state index contributed by atoms with van der Waals surface area (Å²) in [5, 5.41) is 7.41. The molecule has 160 valence electrons. The topological polar surface area (TPSA) is 73.2 Å². The minimum atomic E-state index is -0.356. The van der Waals surface area contributed by atoms with Gasteiger partial charge in [-0.3, -0.25) is 9.59 Å². The zero-order valence-electron chi connectivity index (χ0n) is 17.5. The summed E-state index contributed by atoms with van der Waals surface area (Å²) >= 11 is 3.39. The maximum atomic E-state index is 13.3. The molecule has 0 aliphatic rings. The number of carbonyl (C=O) groups excluding carboxylic acids is 1. The van der Waals surface area contributed by atoms with Crippen molar-refractivity contribution in [3.8, 4) is 22.6 Å². The Morgan fingerprint density at radius 2 is 1.75 bits per heavy atom. The van der Waals surface area contributed by atoms with Gasteiger partial charge < -0.3 is 10.1 Å². The van der Waals surface area contributed by atoms with E-state index in [9.17, 15) is 9.59 Å². The van der Waals surface area contributed by atoms with Gasteiger partial charge in [-0.2, -0.15) is 5.10 Å². The molecular formula is C25H20BrN3O3. The first kappa shape index (κ1) is 21.5. The fraction of sp³-hybridized carbons (Fsp3) is 0.0800. The lowest BCUT2D eigenvalue weighted by molar-refractivity contribution is 0.102. The highest BCUT2D eigenvalue weighted by Crippen LogP contribution is 2.30. The Labute approximate surface area is 193 Å². The number of nitrogens with zero attached hydrogens (tertiary/aromatic N) is 2. The number of anilines is 1. The van der Waals surface area contributed by atoms with Crippen molar-refractivity contribution in [1.82, 2.24) is 9.78 Å². The van der Waals surface area contributed by atoms with E-state index in [-0.39, 0.29) is 17.2 Å². The second-order valence-electron chi connectivity index (χ2n) is 7.08. The smallest absolute Gasteiger partial charge is 0.256 e. The van der Waals surface area contributed by atoms with Crippen molar-refractivity contribution in [3.05, 3.63) is 105 Å². The molecule has 0 atom stereocenters. The summed E-state index contributed by atoms with van der Waals surface area (Å²) in [6, 6.07) is 23.6. The number of hydrogen-bond donors (Lipinski definition) is 1. The summed E-state index contributed by atoms with van der Waals surface area (Å²) in [7, 11) is 1.56. The summed E-state index contributed by atoms with van der Waals surface area (Å²) in [5.74, 6) is 0.530. The molecule has 0 unspecified atom stereocenters.